The molecule has 0 unspecified atom stereocenters. The highest BCUT2D eigenvalue weighted by molar-refractivity contribution is 7.17. The zero-order valence-corrected chi connectivity index (χ0v) is 19.2. The molecular formula is C23H27N3O5S. The summed E-state index contributed by atoms with van der Waals surface area (Å²) < 4.78 is 10.8. The molecule has 1 fully saturated rings. The van der Waals surface area contributed by atoms with Crippen LogP contribution in [0.2, 0.25) is 0 Å². The zero-order chi connectivity index (χ0) is 22.9. The molecule has 1 saturated heterocycles. The van der Waals surface area contributed by atoms with Crippen LogP contribution in [0.1, 0.15) is 58.8 Å². The quantitative estimate of drug-likeness (QED) is 0.714. The molecule has 1 aliphatic carbocycles. The molecule has 2 N–H and O–H groups in total. The van der Waals surface area contributed by atoms with Gasteiger partial charge in [0.1, 0.15) is 5.75 Å². The summed E-state index contributed by atoms with van der Waals surface area (Å²) in [7, 11) is 1.56. The van der Waals surface area contributed by atoms with Gasteiger partial charge in [0.2, 0.25) is 5.91 Å². The highest BCUT2D eigenvalue weighted by Crippen LogP contribution is 2.33. The lowest BCUT2D eigenvalue weighted by Crippen LogP contribution is -2.48. The van der Waals surface area contributed by atoms with Crippen molar-refractivity contribution in [2.75, 3.05) is 19.0 Å². The maximum atomic E-state index is 12.8. The van der Waals surface area contributed by atoms with Gasteiger partial charge in [-0.15, -0.1) is 0 Å². The fraction of sp³-hybridized carbons (Fsp3) is 0.478. The van der Waals surface area contributed by atoms with Crippen LogP contribution in [0.15, 0.2) is 24.3 Å². The van der Waals surface area contributed by atoms with Crippen LogP contribution in [0.3, 0.4) is 0 Å². The van der Waals surface area contributed by atoms with Gasteiger partial charge in [0.15, 0.2) is 10.9 Å². The van der Waals surface area contributed by atoms with Crippen LogP contribution in [0.5, 0.6) is 5.75 Å². The summed E-state index contributed by atoms with van der Waals surface area (Å²) in [5.74, 6) is -0.342. The van der Waals surface area contributed by atoms with Gasteiger partial charge in [0, 0.05) is 31.1 Å². The number of carbonyl (C=O) groups is 3. The first kappa shape index (κ1) is 22.4. The van der Waals surface area contributed by atoms with Gasteiger partial charge in [0.25, 0.3) is 5.91 Å². The van der Waals surface area contributed by atoms with Crippen LogP contribution in [-0.4, -0.2) is 47.9 Å². The highest BCUT2D eigenvalue weighted by Gasteiger charge is 2.36. The Kier molecular flexibility index (Phi) is 6.30. The number of thiazole rings is 1. The maximum Gasteiger partial charge on any atom is 0.257 e. The van der Waals surface area contributed by atoms with Crippen LogP contribution < -0.4 is 15.4 Å². The summed E-state index contributed by atoms with van der Waals surface area (Å²) >= 11 is 1.16. The lowest BCUT2D eigenvalue weighted by Gasteiger charge is -2.36. The molecule has 32 heavy (non-hydrogen) atoms. The zero-order valence-electron chi connectivity index (χ0n) is 18.4. The standard InChI is InChI=1S/C23H27N3O5S/c1-23(2)12-15(8-9-31-23)24-21(29)14-10-17-19(18(27)11-14)32-22(25-17)26-20(28)13-4-6-16(30-3)7-5-13/h4-7,14-15H,8-12H2,1-3H3,(H,24,29)(H,25,26,28)/t14-,15+/m1/s1. The molecular weight excluding hydrogens is 430 g/mol. The van der Waals surface area contributed by atoms with E-state index in [9.17, 15) is 14.4 Å². The second-order valence-corrected chi connectivity index (χ2v) is 9.81. The number of nitrogens with one attached hydrogen (secondary N) is 2. The number of rotatable bonds is 5. The number of aromatic nitrogens is 1. The van der Waals surface area contributed by atoms with E-state index in [2.05, 4.69) is 15.6 Å². The van der Waals surface area contributed by atoms with Gasteiger partial charge >= 0.3 is 0 Å². The summed E-state index contributed by atoms with van der Waals surface area (Å²) in [6, 6.07) is 6.76. The number of hydrogen-bond acceptors (Lipinski definition) is 7. The van der Waals surface area contributed by atoms with Crippen LogP contribution in [-0.2, 0) is 16.0 Å². The average molecular weight is 458 g/mol. The highest BCUT2D eigenvalue weighted by atomic mass is 32.1. The first-order valence-corrected chi connectivity index (χ1v) is 11.5. The number of amides is 2. The smallest absolute Gasteiger partial charge is 0.257 e. The molecule has 2 aromatic rings. The number of benzene rings is 1. The van der Waals surface area contributed by atoms with Crippen LogP contribution in [0.25, 0.3) is 0 Å². The molecule has 2 heterocycles. The van der Waals surface area contributed by atoms with Gasteiger partial charge in [-0.3, -0.25) is 19.7 Å². The summed E-state index contributed by atoms with van der Waals surface area (Å²) in [5, 5.41) is 6.20. The Morgan fingerprint density at radius 2 is 1.97 bits per heavy atom. The number of methoxy groups -OCH3 is 1. The SMILES string of the molecule is COc1ccc(C(=O)Nc2nc3c(s2)C(=O)C[C@H](C(=O)N[C@H]2CCOC(C)(C)C2)C3)cc1. The molecule has 0 spiro atoms. The number of anilines is 1. The molecule has 9 heteroatoms. The Morgan fingerprint density at radius 1 is 1.22 bits per heavy atom. The van der Waals surface area contributed by atoms with Crippen molar-refractivity contribution in [3.63, 3.8) is 0 Å². The molecule has 4 rings (SSSR count). The molecule has 1 aromatic carbocycles. The first-order chi connectivity index (χ1) is 15.2. The van der Waals surface area contributed by atoms with E-state index >= 15 is 0 Å². The number of ketones is 1. The summed E-state index contributed by atoms with van der Waals surface area (Å²) in [4.78, 5) is 43.0. The predicted molar refractivity (Wildman–Crippen MR) is 120 cm³/mol. The number of carbonyl (C=O) groups excluding carboxylic acids is 3. The molecule has 170 valence electrons. The Labute approximate surface area is 190 Å². The minimum absolute atomic E-state index is 0.0394. The van der Waals surface area contributed by atoms with E-state index in [1.807, 2.05) is 13.8 Å². The number of nitrogens with zero attached hydrogens (tertiary/aromatic N) is 1. The van der Waals surface area contributed by atoms with Crippen LogP contribution in [0.4, 0.5) is 5.13 Å². The van der Waals surface area contributed by atoms with E-state index < -0.39 is 5.92 Å². The number of hydrogen-bond donors (Lipinski definition) is 2. The van der Waals surface area contributed by atoms with E-state index in [4.69, 9.17) is 9.47 Å². The van der Waals surface area contributed by atoms with Crippen molar-refractivity contribution in [3.8, 4) is 5.75 Å². The van der Waals surface area contributed by atoms with E-state index in [0.717, 1.165) is 24.2 Å². The number of ether oxygens (including phenoxy) is 2. The Hall–Kier alpha value is -2.78. The third-order valence-corrected chi connectivity index (χ3v) is 6.86. The fourth-order valence-electron chi connectivity index (χ4n) is 4.15. The van der Waals surface area contributed by atoms with Crippen molar-refractivity contribution in [1.29, 1.82) is 0 Å². The minimum Gasteiger partial charge on any atom is -0.497 e. The fourth-order valence-corrected chi connectivity index (χ4v) is 5.09. The maximum absolute atomic E-state index is 12.8. The normalized spacial score (nSPS) is 22.0. The Morgan fingerprint density at radius 3 is 2.66 bits per heavy atom. The molecule has 1 aromatic heterocycles. The molecule has 0 bridgehead atoms. The van der Waals surface area contributed by atoms with Crippen molar-refractivity contribution in [3.05, 3.63) is 40.4 Å². The van der Waals surface area contributed by atoms with Gasteiger partial charge in [-0.2, -0.15) is 0 Å². The van der Waals surface area contributed by atoms with Crippen molar-refractivity contribution >= 4 is 34.1 Å². The van der Waals surface area contributed by atoms with E-state index in [-0.39, 0.29) is 35.7 Å². The second-order valence-electron chi connectivity index (χ2n) is 8.81. The molecule has 0 radical (unpaired) electrons. The largest absolute Gasteiger partial charge is 0.497 e. The van der Waals surface area contributed by atoms with Crippen LogP contribution >= 0.6 is 11.3 Å². The van der Waals surface area contributed by atoms with E-state index in [1.165, 1.54) is 0 Å². The van der Waals surface area contributed by atoms with Gasteiger partial charge in [-0.1, -0.05) is 11.3 Å². The third kappa shape index (κ3) is 4.99. The average Bonchev–Trinajstić information content (AvgIpc) is 3.16. The second kappa shape index (κ2) is 8.99. The molecule has 0 saturated carbocycles. The van der Waals surface area contributed by atoms with Crippen molar-refractivity contribution in [1.82, 2.24) is 10.3 Å². The predicted octanol–water partition coefficient (Wildman–Crippen LogP) is 3.22. The van der Waals surface area contributed by atoms with Gasteiger partial charge in [-0.25, -0.2) is 4.98 Å². The van der Waals surface area contributed by atoms with E-state index in [1.54, 1.807) is 31.4 Å². The van der Waals surface area contributed by atoms with Gasteiger partial charge < -0.3 is 14.8 Å². The summed E-state index contributed by atoms with van der Waals surface area (Å²) in [5.41, 5.74) is 0.767. The Bertz CT molecular complexity index is 1030. The lowest BCUT2D eigenvalue weighted by molar-refractivity contribution is -0.128. The molecule has 2 aliphatic rings. The third-order valence-electron chi connectivity index (χ3n) is 5.81. The number of fused-ring (bicyclic) bond motifs is 1. The topological polar surface area (TPSA) is 107 Å². The summed E-state index contributed by atoms with van der Waals surface area (Å²) in [6.07, 6.45) is 2.04. The molecule has 2 atom stereocenters. The monoisotopic (exact) mass is 457 g/mol. The molecule has 1 aliphatic heterocycles. The van der Waals surface area contributed by atoms with Gasteiger partial charge in [-0.05, 0) is 51.0 Å². The Balaban J connectivity index is 1.40. The molecule has 2 amide bonds. The number of Topliss-reactive ketones (excluding diaryl/α,β-unsaturated/α-hetero) is 1. The molecule has 8 nitrogen and oxygen atoms in total. The lowest BCUT2D eigenvalue weighted by atomic mass is 9.88. The first-order valence-electron chi connectivity index (χ1n) is 10.7. The van der Waals surface area contributed by atoms with Crippen molar-refractivity contribution in [2.24, 2.45) is 5.92 Å². The van der Waals surface area contributed by atoms with Gasteiger partial charge in [0.05, 0.1) is 29.2 Å². The minimum atomic E-state index is -0.451. The van der Waals surface area contributed by atoms with Crippen molar-refractivity contribution < 1.29 is 23.9 Å². The van der Waals surface area contributed by atoms with Crippen LogP contribution in [0, 0.1) is 5.92 Å². The van der Waals surface area contributed by atoms with Crippen molar-refractivity contribution in [2.45, 2.75) is 51.2 Å². The van der Waals surface area contributed by atoms with E-state index in [0.29, 0.717) is 40.0 Å². The summed E-state index contributed by atoms with van der Waals surface area (Å²) in [6.45, 7) is 4.63.